The highest BCUT2D eigenvalue weighted by molar-refractivity contribution is 8.00. The quantitative estimate of drug-likeness (QED) is 0.337. The summed E-state index contributed by atoms with van der Waals surface area (Å²) < 4.78 is 26.5. The first-order valence-corrected chi connectivity index (χ1v) is 13.3. The molecule has 0 aliphatic heterocycles. The van der Waals surface area contributed by atoms with Gasteiger partial charge in [0.05, 0.1) is 11.9 Å². The van der Waals surface area contributed by atoms with Crippen LogP contribution in [0, 0.1) is 0 Å². The van der Waals surface area contributed by atoms with E-state index in [4.69, 9.17) is 23.2 Å². The molecule has 0 aliphatic carbocycles. The molecule has 1 amide bonds. The Morgan fingerprint density at radius 1 is 1.16 bits per heavy atom. The average molecular weight is 517 g/mol. The molecule has 0 saturated carbocycles. The second-order valence-electron chi connectivity index (χ2n) is 6.50. The van der Waals surface area contributed by atoms with Gasteiger partial charge in [-0.1, -0.05) is 76.6 Å². The molecule has 2 aromatic carbocycles. The Bertz CT molecular complexity index is 1150. The molecule has 0 radical (unpaired) electrons. The highest BCUT2D eigenvalue weighted by Crippen LogP contribution is 2.30. The van der Waals surface area contributed by atoms with E-state index in [0.717, 1.165) is 21.9 Å². The second kappa shape index (κ2) is 10.2. The number of carbonyl (C=O) groups excluding carboxylic acids is 1. The number of nitrogens with one attached hydrogen (secondary N) is 1. The Morgan fingerprint density at radius 3 is 2.42 bits per heavy atom. The Hall–Kier alpha value is -1.85. The number of rotatable bonds is 8. The third kappa shape index (κ3) is 6.56. The predicted molar refractivity (Wildman–Crippen MR) is 128 cm³/mol. The van der Waals surface area contributed by atoms with Crippen molar-refractivity contribution in [1.29, 1.82) is 0 Å². The van der Waals surface area contributed by atoms with Crippen LogP contribution in [0.5, 0.6) is 0 Å². The number of amides is 1. The summed E-state index contributed by atoms with van der Waals surface area (Å²) in [7, 11) is -3.80. The van der Waals surface area contributed by atoms with Crippen molar-refractivity contribution in [2.45, 2.75) is 23.1 Å². The van der Waals surface area contributed by atoms with Gasteiger partial charge in [-0.2, -0.15) is 0 Å². The van der Waals surface area contributed by atoms with Crippen molar-refractivity contribution < 1.29 is 13.2 Å². The van der Waals surface area contributed by atoms with Crippen LogP contribution in [0.25, 0.3) is 0 Å². The fraction of sp³-hybridized carbons (Fsp3) is 0.211. The van der Waals surface area contributed by atoms with Gasteiger partial charge >= 0.3 is 0 Å². The molecule has 1 N–H and O–H groups in total. The topological polar surface area (TPSA) is 92.3 Å². The van der Waals surface area contributed by atoms with Gasteiger partial charge in [0.2, 0.25) is 21.1 Å². The SMILES string of the molecule is CC(C(=O)Nc1nnc(SCc2ccccc2)s1)N(c1cc(Cl)cc(Cl)c1)S(C)(=O)=O. The molecule has 7 nitrogen and oxygen atoms in total. The van der Waals surface area contributed by atoms with E-state index in [-0.39, 0.29) is 20.9 Å². The molecule has 0 aliphatic rings. The molecular formula is C19H18Cl2N4O3S3. The number of halogens is 2. The number of thioether (sulfide) groups is 1. The van der Waals surface area contributed by atoms with Gasteiger partial charge in [0, 0.05) is 15.8 Å². The molecule has 1 aromatic heterocycles. The first-order chi connectivity index (χ1) is 14.6. The van der Waals surface area contributed by atoms with Crippen LogP contribution in [0.1, 0.15) is 12.5 Å². The number of sulfonamides is 1. The maximum atomic E-state index is 12.8. The number of carbonyl (C=O) groups is 1. The zero-order valence-corrected chi connectivity index (χ0v) is 20.4. The number of aromatic nitrogens is 2. The van der Waals surface area contributed by atoms with Crippen molar-refractivity contribution in [3.8, 4) is 0 Å². The molecule has 1 atom stereocenters. The summed E-state index contributed by atoms with van der Waals surface area (Å²) in [5.41, 5.74) is 1.34. The lowest BCUT2D eigenvalue weighted by molar-refractivity contribution is -0.116. The Kier molecular flexibility index (Phi) is 7.82. The van der Waals surface area contributed by atoms with Gasteiger partial charge in [-0.15, -0.1) is 10.2 Å². The molecule has 0 bridgehead atoms. The lowest BCUT2D eigenvalue weighted by Crippen LogP contribution is -2.45. The van der Waals surface area contributed by atoms with Crippen LogP contribution in [0.4, 0.5) is 10.8 Å². The molecule has 1 unspecified atom stereocenters. The van der Waals surface area contributed by atoms with Crippen molar-refractivity contribution in [1.82, 2.24) is 10.2 Å². The van der Waals surface area contributed by atoms with Crippen LogP contribution in [0.15, 0.2) is 52.9 Å². The molecule has 3 rings (SSSR count). The lowest BCUT2D eigenvalue weighted by Gasteiger charge is -2.28. The highest BCUT2D eigenvalue weighted by atomic mass is 35.5. The second-order valence-corrected chi connectivity index (χ2v) is 11.4. The number of nitrogens with zero attached hydrogens (tertiary/aromatic N) is 3. The van der Waals surface area contributed by atoms with Gasteiger partial charge in [0.1, 0.15) is 6.04 Å². The molecule has 1 heterocycles. The molecule has 0 fully saturated rings. The summed E-state index contributed by atoms with van der Waals surface area (Å²) >= 11 is 14.7. The van der Waals surface area contributed by atoms with Gasteiger partial charge in [-0.3, -0.25) is 14.4 Å². The number of anilines is 2. The van der Waals surface area contributed by atoms with Crippen molar-refractivity contribution in [2.75, 3.05) is 15.9 Å². The Balaban J connectivity index is 1.71. The minimum Gasteiger partial charge on any atom is -0.299 e. The van der Waals surface area contributed by atoms with E-state index in [0.29, 0.717) is 4.34 Å². The maximum absolute atomic E-state index is 12.8. The van der Waals surface area contributed by atoms with Gasteiger partial charge in [-0.05, 0) is 30.7 Å². The Morgan fingerprint density at radius 2 is 1.81 bits per heavy atom. The molecule has 31 heavy (non-hydrogen) atoms. The van der Waals surface area contributed by atoms with Crippen LogP contribution in [0.3, 0.4) is 0 Å². The normalized spacial score (nSPS) is 12.4. The summed E-state index contributed by atoms with van der Waals surface area (Å²) in [4.78, 5) is 12.8. The fourth-order valence-corrected chi connectivity index (χ4v) is 6.11. The minimum absolute atomic E-state index is 0.194. The van der Waals surface area contributed by atoms with Crippen molar-refractivity contribution in [3.63, 3.8) is 0 Å². The molecule has 0 spiro atoms. The van der Waals surface area contributed by atoms with E-state index in [9.17, 15) is 13.2 Å². The maximum Gasteiger partial charge on any atom is 0.249 e. The van der Waals surface area contributed by atoms with Crippen LogP contribution in [-0.2, 0) is 20.6 Å². The fourth-order valence-electron chi connectivity index (χ4n) is 2.72. The van der Waals surface area contributed by atoms with Crippen LogP contribution in [0.2, 0.25) is 10.0 Å². The first kappa shape index (κ1) is 23.8. The van der Waals surface area contributed by atoms with Gasteiger partial charge < -0.3 is 0 Å². The smallest absolute Gasteiger partial charge is 0.249 e. The van der Waals surface area contributed by atoms with E-state index in [2.05, 4.69) is 15.5 Å². The summed E-state index contributed by atoms with van der Waals surface area (Å²) in [6.07, 6.45) is 1.01. The van der Waals surface area contributed by atoms with Crippen LogP contribution in [-0.4, -0.2) is 36.8 Å². The Labute approximate surface area is 198 Å². The molecule has 3 aromatic rings. The highest BCUT2D eigenvalue weighted by Gasteiger charge is 2.30. The zero-order chi connectivity index (χ0) is 22.6. The zero-order valence-electron chi connectivity index (χ0n) is 16.5. The molecular weight excluding hydrogens is 499 g/mol. The van der Waals surface area contributed by atoms with Crippen LogP contribution >= 0.6 is 46.3 Å². The number of benzene rings is 2. The lowest BCUT2D eigenvalue weighted by atomic mass is 10.2. The minimum atomic E-state index is -3.80. The summed E-state index contributed by atoms with van der Waals surface area (Å²) in [5.74, 6) is 0.161. The summed E-state index contributed by atoms with van der Waals surface area (Å²) in [5, 5.41) is 11.5. The average Bonchev–Trinajstić information content (AvgIpc) is 3.12. The number of hydrogen-bond acceptors (Lipinski definition) is 7. The van der Waals surface area contributed by atoms with Crippen molar-refractivity contribution in [2.24, 2.45) is 0 Å². The third-order valence-electron chi connectivity index (χ3n) is 4.03. The van der Waals surface area contributed by atoms with Gasteiger partial charge in [-0.25, -0.2) is 8.42 Å². The van der Waals surface area contributed by atoms with Gasteiger partial charge in [0.25, 0.3) is 0 Å². The van der Waals surface area contributed by atoms with E-state index in [1.165, 1.54) is 48.2 Å². The summed E-state index contributed by atoms with van der Waals surface area (Å²) in [6, 6.07) is 13.2. The molecule has 12 heteroatoms. The monoisotopic (exact) mass is 516 g/mol. The number of hydrogen-bond donors (Lipinski definition) is 1. The largest absolute Gasteiger partial charge is 0.299 e. The third-order valence-corrected chi connectivity index (χ3v) is 7.75. The van der Waals surface area contributed by atoms with Crippen LogP contribution < -0.4 is 9.62 Å². The standard InChI is InChI=1S/C19H18Cl2N4O3S3/c1-12(25(31(2,27)28)16-9-14(20)8-15(21)10-16)17(26)22-18-23-24-19(30-18)29-11-13-6-4-3-5-7-13/h3-10,12H,11H2,1-2H3,(H,22,23,26). The van der Waals surface area contributed by atoms with E-state index >= 15 is 0 Å². The molecule has 164 valence electrons. The summed E-state index contributed by atoms with van der Waals surface area (Å²) in [6.45, 7) is 1.47. The van der Waals surface area contributed by atoms with E-state index < -0.39 is 22.0 Å². The predicted octanol–water partition coefficient (Wildman–Crippen LogP) is 4.93. The first-order valence-electron chi connectivity index (χ1n) is 8.90. The van der Waals surface area contributed by atoms with Crippen molar-refractivity contribution in [3.05, 3.63) is 64.1 Å². The molecule has 0 saturated heterocycles. The van der Waals surface area contributed by atoms with Gasteiger partial charge in [0.15, 0.2) is 4.34 Å². The van der Waals surface area contributed by atoms with E-state index in [1.54, 1.807) is 0 Å². The van der Waals surface area contributed by atoms with E-state index in [1.807, 2.05) is 30.3 Å². The van der Waals surface area contributed by atoms with Crippen molar-refractivity contribution >= 4 is 73.0 Å².